The topological polar surface area (TPSA) is 75.1 Å². The first kappa shape index (κ1) is 10.4. The second-order valence-electron chi connectivity index (χ2n) is 3.96. The molecule has 1 aliphatic carbocycles. The SMILES string of the molecule is Cc1nnc(NC2(CC(=O)O)CCC2)s1. The largest absolute Gasteiger partial charge is 0.481 e. The number of anilines is 1. The van der Waals surface area contributed by atoms with Crippen LogP contribution in [-0.4, -0.2) is 26.8 Å². The standard InChI is InChI=1S/C9H13N3O2S/c1-6-11-12-8(15-6)10-9(3-2-4-9)5-7(13)14/h2-5H2,1H3,(H,10,12)(H,13,14). The van der Waals surface area contributed by atoms with Crippen molar-refractivity contribution in [3.8, 4) is 0 Å². The monoisotopic (exact) mass is 227 g/mol. The zero-order valence-corrected chi connectivity index (χ0v) is 9.30. The van der Waals surface area contributed by atoms with Gasteiger partial charge in [0.25, 0.3) is 0 Å². The third-order valence-corrected chi connectivity index (χ3v) is 3.45. The minimum Gasteiger partial charge on any atom is -0.481 e. The summed E-state index contributed by atoms with van der Waals surface area (Å²) in [5, 5.41) is 21.5. The molecule has 0 amide bonds. The lowest BCUT2D eigenvalue weighted by Gasteiger charge is -2.41. The molecule has 0 atom stereocenters. The Hall–Kier alpha value is -1.17. The number of hydrogen-bond acceptors (Lipinski definition) is 5. The Morgan fingerprint density at radius 3 is 2.73 bits per heavy atom. The summed E-state index contributed by atoms with van der Waals surface area (Å²) in [7, 11) is 0. The molecule has 2 rings (SSSR count). The van der Waals surface area contributed by atoms with Crippen LogP contribution >= 0.6 is 11.3 Å². The number of rotatable bonds is 4. The van der Waals surface area contributed by atoms with Crippen molar-refractivity contribution in [2.24, 2.45) is 0 Å². The van der Waals surface area contributed by atoms with Crippen LogP contribution < -0.4 is 5.32 Å². The second-order valence-corrected chi connectivity index (χ2v) is 5.14. The van der Waals surface area contributed by atoms with E-state index in [2.05, 4.69) is 15.5 Å². The van der Waals surface area contributed by atoms with E-state index >= 15 is 0 Å². The summed E-state index contributed by atoms with van der Waals surface area (Å²) in [4.78, 5) is 10.7. The molecular formula is C9H13N3O2S. The fourth-order valence-corrected chi connectivity index (χ4v) is 2.52. The molecule has 1 aromatic rings. The molecule has 0 radical (unpaired) electrons. The van der Waals surface area contributed by atoms with Gasteiger partial charge >= 0.3 is 5.97 Å². The van der Waals surface area contributed by atoms with Crippen molar-refractivity contribution in [1.82, 2.24) is 10.2 Å². The van der Waals surface area contributed by atoms with Gasteiger partial charge in [0.1, 0.15) is 5.01 Å². The average molecular weight is 227 g/mol. The van der Waals surface area contributed by atoms with Gasteiger partial charge in [-0.2, -0.15) is 0 Å². The van der Waals surface area contributed by atoms with Crippen molar-refractivity contribution in [3.05, 3.63) is 5.01 Å². The predicted molar refractivity (Wildman–Crippen MR) is 57.1 cm³/mol. The molecule has 0 bridgehead atoms. The Kier molecular flexibility index (Phi) is 2.60. The third-order valence-electron chi connectivity index (χ3n) is 2.70. The number of aliphatic carboxylic acids is 1. The summed E-state index contributed by atoms with van der Waals surface area (Å²) >= 11 is 1.46. The van der Waals surface area contributed by atoms with Crippen molar-refractivity contribution in [2.75, 3.05) is 5.32 Å². The molecule has 82 valence electrons. The Balaban J connectivity index is 2.04. The van der Waals surface area contributed by atoms with Crippen LogP contribution in [0.15, 0.2) is 0 Å². The Labute approximate surface area is 91.5 Å². The van der Waals surface area contributed by atoms with Crippen molar-refractivity contribution >= 4 is 22.4 Å². The van der Waals surface area contributed by atoms with Gasteiger partial charge in [-0.05, 0) is 26.2 Å². The number of nitrogens with one attached hydrogen (secondary N) is 1. The van der Waals surface area contributed by atoms with E-state index in [0.29, 0.717) is 0 Å². The smallest absolute Gasteiger partial charge is 0.305 e. The number of nitrogens with zero attached hydrogens (tertiary/aromatic N) is 2. The molecule has 0 aromatic carbocycles. The van der Waals surface area contributed by atoms with Crippen molar-refractivity contribution in [3.63, 3.8) is 0 Å². The molecule has 1 heterocycles. The molecule has 15 heavy (non-hydrogen) atoms. The van der Waals surface area contributed by atoms with Gasteiger partial charge < -0.3 is 10.4 Å². The number of carboxylic acids is 1. The van der Waals surface area contributed by atoms with E-state index in [1.807, 2.05) is 6.92 Å². The van der Waals surface area contributed by atoms with E-state index in [-0.39, 0.29) is 12.0 Å². The highest BCUT2D eigenvalue weighted by Crippen LogP contribution is 2.38. The predicted octanol–water partition coefficient (Wildman–Crippen LogP) is 1.66. The molecule has 5 nitrogen and oxygen atoms in total. The number of carbonyl (C=O) groups is 1. The summed E-state index contributed by atoms with van der Waals surface area (Å²) in [6, 6.07) is 0. The van der Waals surface area contributed by atoms with Gasteiger partial charge in [-0.15, -0.1) is 10.2 Å². The fourth-order valence-electron chi connectivity index (χ4n) is 1.81. The molecule has 0 spiro atoms. The minimum atomic E-state index is -0.761. The summed E-state index contributed by atoms with van der Waals surface area (Å²) in [5.41, 5.74) is -0.280. The summed E-state index contributed by atoms with van der Waals surface area (Å²) in [6.45, 7) is 1.88. The van der Waals surface area contributed by atoms with Gasteiger partial charge in [0, 0.05) is 0 Å². The van der Waals surface area contributed by atoms with Crippen LogP contribution in [0, 0.1) is 6.92 Å². The fraction of sp³-hybridized carbons (Fsp3) is 0.667. The second kappa shape index (κ2) is 3.77. The Bertz CT molecular complexity index is 373. The summed E-state index contributed by atoms with van der Waals surface area (Å²) in [6.07, 6.45) is 3.04. The van der Waals surface area contributed by atoms with E-state index in [4.69, 9.17) is 5.11 Å². The van der Waals surface area contributed by atoms with Gasteiger partial charge in [0.2, 0.25) is 5.13 Å². The van der Waals surface area contributed by atoms with E-state index in [9.17, 15) is 4.79 Å². The van der Waals surface area contributed by atoms with Crippen LogP contribution in [0.2, 0.25) is 0 Å². The quantitative estimate of drug-likeness (QED) is 0.818. The van der Waals surface area contributed by atoms with Gasteiger partial charge in [0.15, 0.2) is 0 Å². The molecular weight excluding hydrogens is 214 g/mol. The van der Waals surface area contributed by atoms with Crippen molar-refractivity contribution < 1.29 is 9.90 Å². The number of hydrogen-bond donors (Lipinski definition) is 2. The molecule has 0 unspecified atom stereocenters. The molecule has 6 heteroatoms. The maximum Gasteiger partial charge on any atom is 0.305 e. The van der Waals surface area contributed by atoms with Gasteiger partial charge in [-0.3, -0.25) is 4.79 Å². The van der Waals surface area contributed by atoms with Crippen LogP contribution in [0.25, 0.3) is 0 Å². The molecule has 0 saturated heterocycles. The molecule has 2 N–H and O–H groups in total. The van der Waals surface area contributed by atoms with Crippen molar-refractivity contribution in [2.45, 2.75) is 38.1 Å². The molecule has 1 saturated carbocycles. The third kappa shape index (κ3) is 2.26. The first-order valence-electron chi connectivity index (χ1n) is 4.90. The van der Waals surface area contributed by atoms with E-state index in [1.165, 1.54) is 11.3 Å². The highest BCUT2D eigenvalue weighted by Gasteiger charge is 2.39. The maximum atomic E-state index is 10.7. The zero-order valence-electron chi connectivity index (χ0n) is 8.49. The zero-order chi connectivity index (χ0) is 10.9. The molecule has 1 aromatic heterocycles. The van der Waals surface area contributed by atoms with Crippen LogP contribution in [0.4, 0.5) is 5.13 Å². The number of aromatic nitrogens is 2. The molecule has 1 fully saturated rings. The van der Waals surface area contributed by atoms with Crippen LogP contribution in [0.1, 0.15) is 30.7 Å². The van der Waals surface area contributed by atoms with Gasteiger partial charge in [0.05, 0.1) is 12.0 Å². The average Bonchev–Trinajstić information content (AvgIpc) is 2.46. The van der Waals surface area contributed by atoms with E-state index in [0.717, 1.165) is 29.4 Å². The summed E-state index contributed by atoms with van der Waals surface area (Å²) in [5.74, 6) is -0.761. The van der Waals surface area contributed by atoms with Crippen LogP contribution in [0.3, 0.4) is 0 Å². The Morgan fingerprint density at radius 2 is 2.33 bits per heavy atom. The lowest BCUT2D eigenvalue weighted by atomic mass is 9.74. The van der Waals surface area contributed by atoms with Crippen molar-refractivity contribution in [1.29, 1.82) is 0 Å². The maximum absolute atomic E-state index is 10.7. The molecule has 0 aliphatic heterocycles. The lowest BCUT2D eigenvalue weighted by molar-refractivity contribution is -0.138. The first-order chi connectivity index (χ1) is 7.10. The highest BCUT2D eigenvalue weighted by atomic mass is 32.1. The molecule has 1 aliphatic rings. The highest BCUT2D eigenvalue weighted by molar-refractivity contribution is 7.15. The normalized spacial score (nSPS) is 18.2. The number of aryl methyl sites for hydroxylation is 1. The number of carboxylic acid groups (broad SMARTS) is 1. The van der Waals surface area contributed by atoms with Gasteiger partial charge in [-0.25, -0.2) is 0 Å². The Morgan fingerprint density at radius 1 is 1.60 bits per heavy atom. The van der Waals surface area contributed by atoms with E-state index < -0.39 is 5.97 Å². The summed E-state index contributed by atoms with van der Waals surface area (Å²) < 4.78 is 0. The first-order valence-corrected chi connectivity index (χ1v) is 5.71. The minimum absolute atomic E-state index is 0.158. The van der Waals surface area contributed by atoms with Crippen LogP contribution in [-0.2, 0) is 4.79 Å². The van der Waals surface area contributed by atoms with Gasteiger partial charge in [-0.1, -0.05) is 11.3 Å². The van der Waals surface area contributed by atoms with Crippen LogP contribution in [0.5, 0.6) is 0 Å². The lowest BCUT2D eigenvalue weighted by Crippen LogP contribution is -2.46. The van der Waals surface area contributed by atoms with E-state index in [1.54, 1.807) is 0 Å².